The quantitative estimate of drug-likeness (QED) is 0.390. The van der Waals surface area contributed by atoms with Gasteiger partial charge in [-0.25, -0.2) is 4.98 Å². The summed E-state index contributed by atoms with van der Waals surface area (Å²) in [5, 5.41) is 3.80. The third-order valence-corrected chi connectivity index (χ3v) is 5.06. The zero-order chi connectivity index (χ0) is 20.2. The molecular formula is C24H19BrN2O2. The summed E-state index contributed by atoms with van der Waals surface area (Å²) in [6.45, 7) is 2.44. The number of carbonyl (C=O) groups is 1. The van der Waals surface area contributed by atoms with Crippen molar-refractivity contribution < 1.29 is 9.53 Å². The second-order valence-electron chi connectivity index (χ2n) is 6.46. The fraction of sp³-hybridized carbons (Fsp3) is 0.0833. The van der Waals surface area contributed by atoms with Crippen LogP contribution in [0.15, 0.2) is 83.3 Å². The molecule has 0 unspecified atom stereocenters. The van der Waals surface area contributed by atoms with E-state index in [0.717, 1.165) is 26.6 Å². The van der Waals surface area contributed by atoms with Crippen LogP contribution in [0.5, 0.6) is 5.75 Å². The number of ether oxygens (including phenoxy) is 1. The van der Waals surface area contributed by atoms with Gasteiger partial charge in [-0.1, -0.05) is 58.4 Å². The first-order valence-electron chi connectivity index (χ1n) is 9.34. The van der Waals surface area contributed by atoms with Crippen molar-refractivity contribution in [3.8, 4) is 17.0 Å². The van der Waals surface area contributed by atoms with E-state index in [1.807, 2.05) is 85.8 Å². The molecule has 0 aliphatic heterocycles. The van der Waals surface area contributed by atoms with Gasteiger partial charge in [-0.05, 0) is 43.3 Å². The van der Waals surface area contributed by atoms with Crippen LogP contribution in [0.4, 0.5) is 5.69 Å². The summed E-state index contributed by atoms with van der Waals surface area (Å²) in [6.07, 6.45) is 0. The van der Waals surface area contributed by atoms with Crippen LogP contribution in [-0.4, -0.2) is 17.5 Å². The van der Waals surface area contributed by atoms with Crippen molar-refractivity contribution in [2.75, 3.05) is 11.9 Å². The fourth-order valence-electron chi connectivity index (χ4n) is 3.17. The monoisotopic (exact) mass is 446 g/mol. The van der Waals surface area contributed by atoms with Crippen molar-refractivity contribution in [1.82, 2.24) is 4.98 Å². The van der Waals surface area contributed by atoms with E-state index in [1.54, 1.807) is 0 Å². The molecule has 0 saturated heterocycles. The molecule has 3 aromatic carbocycles. The first-order chi connectivity index (χ1) is 14.2. The van der Waals surface area contributed by atoms with Gasteiger partial charge in [0, 0.05) is 15.4 Å². The van der Waals surface area contributed by atoms with Gasteiger partial charge in [0.15, 0.2) is 0 Å². The molecule has 1 heterocycles. The average Bonchev–Trinajstić information content (AvgIpc) is 2.75. The van der Waals surface area contributed by atoms with E-state index in [9.17, 15) is 4.79 Å². The fourth-order valence-corrected chi connectivity index (χ4v) is 3.44. The van der Waals surface area contributed by atoms with Crippen LogP contribution < -0.4 is 10.1 Å². The van der Waals surface area contributed by atoms with Gasteiger partial charge in [-0.15, -0.1) is 0 Å². The molecular weight excluding hydrogens is 428 g/mol. The highest BCUT2D eigenvalue weighted by Crippen LogP contribution is 2.28. The number of benzene rings is 3. The Balaban J connectivity index is 1.78. The number of fused-ring (bicyclic) bond motifs is 1. The number of nitrogens with one attached hydrogen (secondary N) is 1. The number of amides is 1. The average molecular weight is 447 g/mol. The second kappa shape index (κ2) is 8.45. The SMILES string of the molecule is CCOc1ccccc1NC(=O)c1cc(-c2ccc(Br)cc2)nc2ccccc12. The zero-order valence-electron chi connectivity index (χ0n) is 15.9. The lowest BCUT2D eigenvalue weighted by molar-refractivity contribution is 0.102. The minimum absolute atomic E-state index is 0.200. The van der Waals surface area contributed by atoms with Crippen LogP contribution in [0.25, 0.3) is 22.2 Å². The Morgan fingerprint density at radius 2 is 1.72 bits per heavy atom. The van der Waals surface area contributed by atoms with E-state index in [0.29, 0.717) is 23.6 Å². The number of aromatic nitrogens is 1. The molecule has 0 fully saturated rings. The van der Waals surface area contributed by atoms with Crippen LogP contribution >= 0.6 is 15.9 Å². The topological polar surface area (TPSA) is 51.2 Å². The van der Waals surface area contributed by atoms with Crippen LogP contribution in [0.2, 0.25) is 0 Å². The third kappa shape index (κ3) is 4.15. The minimum Gasteiger partial charge on any atom is -0.492 e. The summed E-state index contributed by atoms with van der Waals surface area (Å²) in [5.41, 5.74) is 3.68. The van der Waals surface area contributed by atoms with E-state index in [4.69, 9.17) is 9.72 Å². The standard InChI is InChI=1S/C24H19BrN2O2/c1-2-29-23-10-6-5-9-21(23)27-24(28)19-15-22(16-11-13-17(25)14-12-16)26-20-8-4-3-7-18(19)20/h3-15H,2H2,1H3,(H,27,28). The van der Waals surface area contributed by atoms with Crippen molar-refractivity contribution in [2.24, 2.45) is 0 Å². The summed E-state index contributed by atoms with van der Waals surface area (Å²) in [6, 6.07) is 24.8. The maximum absolute atomic E-state index is 13.2. The number of pyridine rings is 1. The molecule has 0 aliphatic carbocycles. The maximum atomic E-state index is 13.2. The van der Waals surface area contributed by atoms with E-state index in [2.05, 4.69) is 21.2 Å². The Morgan fingerprint density at radius 3 is 2.52 bits per heavy atom. The highest BCUT2D eigenvalue weighted by Gasteiger charge is 2.15. The molecule has 0 spiro atoms. The highest BCUT2D eigenvalue weighted by molar-refractivity contribution is 9.10. The molecule has 4 aromatic rings. The summed E-state index contributed by atoms with van der Waals surface area (Å²) < 4.78 is 6.63. The van der Waals surface area contributed by atoms with Gasteiger partial charge in [0.1, 0.15) is 5.75 Å². The molecule has 0 bridgehead atoms. The number of halogens is 1. The Morgan fingerprint density at radius 1 is 1.00 bits per heavy atom. The molecule has 0 radical (unpaired) electrons. The molecule has 0 atom stereocenters. The number of hydrogen-bond acceptors (Lipinski definition) is 3. The molecule has 1 N–H and O–H groups in total. The molecule has 0 aliphatic rings. The van der Waals surface area contributed by atoms with Crippen LogP contribution in [-0.2, 0) is 0 Å². The first kappa shape index (κ1) is 19.2. The van der Waals surface area contributed by atoms with Gasteiger partial charge in [-0.2, -0.15) is 0 Å². The van der Waals surface area contributed by atoms with Gasteiger partial charge in [0.25, 0.3) is 5.91 Å². The van der Waals surface area contributed by atoms with Gasteiger partial charge < -0.3 is 10.1 Å². The normalized spacial score (nSPS) is 10.7. The highest BCUT2D eigenvalue weighted by atomic mass is 79.9. The van der Waals surface area contributed by atoms with Gasteiger partial charge >= 0.3 is 0 Å². The van der Waals surface area contributed by atoms with E-state index in [1.165, 1.54) is 0 Å². The minimum atomic E-state index is -0.200. The molecule has 4 rings (SSSR count). The lowest BCUT2D eigenvalue weighted by Crippen LogP contribution is -2.14. The number of anilines is 1. The number of nitrogens with zero attached hydrogens (tertiary/aromatic N) is 1. The van der Waals surface area contributed by atoms with Crippen molar-refractivity contribution in [3.05, 3.63) is 88.9 Å². The summed E-state index contributed by atoms with van der Waals surface area (Å²) in [4.78, 5) is 18.0. The molecule has 29 heavy (non-hydrogen) atoms. The van der Waals surface area contributed by atoms with Crippen molar-refractivity contribution >= 4 is 38.4 Å². The predicted octanol–water partition coefficient (Wildman–Crippen LogP) is 6.32. The molecule has 1 amide bonds. The smallest absolute Gasteiger partial charge is 0.256 e. The predicted molar refractivity (Wildman–Crippen MR) is 120 cm³/mol. The van der Waals surface area contributed by atoms with Gasteiger partial charge in [-0.3, -0.25) is 4.79 Å². The van der Waals surface area contributed by atoms with Crippen LogP contribution in [0, 0.1) is 0 Å². The van der Waals surface area contributed by atoms with Crippen molar-refractivity contribution in [2.45, 2.75) is 6.92 Å². The Hall–Kier alpha value is -3.18. The Labute approximate surface area is 177 Å². The molecule has 144 valence electrons. The largest absolute Gasteiger partial charge is 0.492 e. The number of carbonyl (C=O) groups excluding carboxylic acids is 1. The molecule has 1 aromatic heterocycles. The summed E-state index contributed by atoms with van der Waals surface area (Å²) in [5.74, 6) is 0.448. The first-order valence-corrected chi connectivity index (χ1v) is 10.1. The van der Waals surface area contributed by atoms with Crippen molar-refractivity contribution in [3.63, 3.8) is 0 Å². The number of para-hydroxylation sites is 3. The third-order valence-electron chi connectivity index (χ3n) is 4.54. The zero-order valence-corrected chi connectivity index (χ0v) is 17.4. The van der Waals surface area contributed by atoms with E-state index < -0.39 is 0 Å². The van der Waals surface area contributed by atoms with E-state index >= 15 is 0 Å². The summed E-state index contributed by atoms with van der Waals surface area (Å²) in [7, 11) is 0. The second-order valence-corrected chi connectivity index (χ2v) is 7.38. The van der Waals surface area contributed by atoms with Crippen molar-refractivity contribution in [1.29, 1.82) is 0 Å². The van der Waals surface area contributed by atoms with Crippen LogP contribution in [0.1, 0.15) is 17.3 Å². The molecule has 5 heteroatoms. The molecule has 0 saturated carbocycles. The molecule has 4 nitrogen and oxygen atoms in total. The number of hydrogen-bond donors (Lipinski definition) is 1. The summed E-state index contributed by atoms with van der Waals surface area (Å²) >= 11 is 3.46. The van der Waals surface area contributed by atoms with Gasteiger partial charge in [0.05, 0.1) is 29.1 Å². The Bertz CT molecular complexity index is 1170. The lowest BCUT2D eigenvalue weighted by atomic mass is 10.0. The van der Waals surface area contributed by atoms with Crippen LogP contribution in [0.3, 0.4) is 0 Å². The number of rotatable bonds is 5. The maximum Gasteiger partial charge on any atom is 0.256 e. The van der Waals surface area contributed by atoms with E-state index in [-0.39, 0.29) is 5.91 Å². The van der Waals surface area contributed by atoms with Gasteiger partial charge in [0.2, 0.25) is 0 Å². The Kier molecular flexibility index (Phi) is 5.58. The lowest BCUT2D eigenvalue weighted by Gasteiger charge is -2.13.